The number of nitrogen functional groups attached to an aromatic ring is 1. The Hall–Kier alpha value is -1.95. The molecule has 1 heterocycles. The minimum Gasteiger partial charge on any atom is -0.482 e. The normalized spacial score (nSPS) is 17.1. The molecule has 1 fully saturated rings. The van der Waals surface area contributed by atoms with Crippen LogP contribution in [0.15, 0.2) is 12.1 Å². The van der Waals surface area contributed by atoms with E-state index in [1.54, 1.807) is 12.1 Å². The first-order valence-corrected chi connectivity index (χ1v) is 6.90. The second-order valence-corrected chi connectivity index (χ2v) is 5.22. The van der Waals surface area contributed by atoms with Crippen LogP contribution in [0.25, 0.3) is 0 Å². The third-order valence-electron chi connectivity index (χ3n) is 3.40. The number of amides is 1. The maximum atomic E-state index is 11.3. The van der Waals surface area contributed by atoms with Crippen molar-refractivity contribution in [1.82, 2.24) is 0 Å². The molecule has 6 nitrogen and oxygen atoms in total. The predicted octanol–water partition coefficient (Wildman–Crippen LogP) is 1.44. The van der Waals surface area contributed by atoms with E-state index in [9.17, 15) is 4.79 Å². The van der Waals surface area contributed by atoms with Gasteiger partial charge in [0.2, 0.25) is 0 Å². The molecule has 2 aliphatic rings. The van der Waals surface area contributed by atoms with Crippen LogP contribution in [0.3, 0.4) is 0 Å². The fourth-order valence-electron chi connectivity index (χ4n) is 2.09. The zero-order valence-corrected chi connectivity index (χ0v) is 11.3. The first-order chi connectivity index (χ1) is 9.72. The molecule has 1 aliphatic carbocycles. The minimum absolute atomic E-state index is 0.0359. The van der Waals surface area contributed by atoms with Gasteiger partial charge in [0.1, 0.15) is 5.75 Å². The Bertz CT molecular complexity index is 515. The number of nitrogens with two attached hydrogens (primary N) is 1. The highest BCUT2D eigenvalue weighted by Crippen LogP contribution is 2.35. The van der Waals surface area contributed by atoms with Crippen LogP contribution in [0.1, 0.15) is 12.8 Å². The van der Waals surface area contributed by atoms with E-state index in [2.05, 4.69) is 10.6 Å². The number of hydrogen-bond acceptors (Lipinski definition) is 5. The second kappa shape index (κ2) is 5.58. The average molecular weight is 277 g/mol. The van der Waals surface area contributed by atoms with Crippen molar-refractivity contribution in [2.75, 3.05) is 42.7 Å². The summed E-state index contributed by atoms with van der Waals surface area (Å²) in [5.41, 5.74) is 7.99. The third kappa shape index (κ3) is 3.14. The van der Waals surface area contributed by atoms with Crippen molar-refractivity contribution < 1.29 is 14.3 Å². The molecule has 1 aromatic rings. The number of hydrogen-bond donors (Lipinski definition) is 3. The van der Waals surface area contributed by atoms with Gasteiger partial charge in [0, 0.05) is 19.2 Å². The molecule has 108 valence electrons. The molecular formula is C14H19N3O3. The molecular weight excluding hydrogens is 258 g/mol. The standard InChI is InChI=1S/C14H19N3O3/c15-10-5-13-12(17-14(18)8-20-13)6-11(10)16-3-4-19-7-9-1-2-9/h5-6,9,16H,1-4,7-8,15H2,(H,17,18). The summed E-state index contributed by atoms with van der Waals surface area (Å²) < 4.78 is 10.9. The quantitative estimate of drug-likeness (QED) is 0.541. The molecule has 0 spiro atoms. The van der Waals surface area contributed by atoms with Crippen molar-refractivity contribution in [2.24, 2.45) is 5.92 Å². The van der Waals surface area contributed by atoms with Crippen molar-refractivity contribution in [3.63, 3.8) is 0 Å². The van der Waals surface area contributed by atoms with Crippen LogP contribution in [0, 0.1) is 5.92 Å². The Balaban J connectivity index is 1.55. The molecule has 6 heteroatoms. The van der Waals surface area contributed by atoms with E-state index < -0.39 is 0 Å². The van der Waals surface area contributed by atoms with Gasteiger partial charge in [-0.25, -0.2) is 0 Å². The monoisotopic (exact) mass is 277 g/mol. The Morgan fingerprint density at radius 3 is 3.10 bits per heavy atom. The Morgan fingerprint density at radius 1 is 1.45 bits per heavy atom. The van der Waals surface area contributed by atoms with E-state index in [0.717, 1.165) is 18.2 Å². The van der Waals surface area contributed by atoms with Crippen LogP contribution in [-0.4, -0.2) is 32.3 Å². The summed E-state index contributed by atoms with van der Waals surface area (Å²) in [5, 5.41) is 5.98. The number of carbonyl (C=O) groups is 1. The number of benzene rings is 1. The summed E-state index contributed by atoms with van der Waals surface area (Å²) in [7, 11) is 0. The predicted molar refractivity (Wildman–Crippen MR) is 77.0 cm³/mol. The fraction of sp³-hybridized carbons (Fsp3) is 0.500. The summed E-state index contributed by atoms with van der Waals surface area (Å²) in [5.74, 6) is 1.23. The lowest BCUT2D eigenvalue weighted by atomic mass is 10.2. The molecule has 0 atom stereocenters. The van der Waals surface area contributed by atoms with Crippen LogP contribution < -0.4 is 21.1 Å². The van der Waals surface area contributed by atoms with Gasteiger partial charge in [-0.2, -0.15) is 0 Å². The number of ether oxygens (including phenoxy) is 2. The van der Waals surface area contributed by atoms with E-state index in [4.69, 9.17) is 15.2 Å². The van der Waals surface area contributed by atoms with Crippen molar-refractivity contribution >= 4 is 23.0 Å². The zero-order valence-electron chi connectivity index (χ0n) is 11.3. The van der Waals surface area contributed by atoms with Crippen LogP contribution in [0.4, 0.5) is 17.1 Å². The van der Waals surface area contributed by atoms with Crippen molar-refractivity contribution in [3.05, 3.63) is 12.1 Å². The highest BCUT2D eigenvalue weighted by molar-refractivity contribution is 5.97. The van der Waals surface area contributed by atoms with E-state index >= 15 is 0 Å². The molecule has 4 N–H and O–H groups in total. The number of fused-ring (bicyclic) bond motifs is 1. The van der Waals surface area contributed by atoms with Crippen molar-refractivity contribution in [1.29, 1.82) is 0 Å². The highest BCUT2D eigenvalue weighted by atomic mass is 16.5. The number of nitrogens with one attached hydrogen (secondary N) is 2. The summed E-state index contributed by atoms with van der Waals surface area (Å²) in [4.78, 5) is 11.3. The lowest BCUT2D eigenvalue weighted by Crippen LogP contribution is -2.25. The van der Waals surface area contributed by atoms with Gasteiger partial charge in [-0.3, -0.25) is 4.79 Å². The minimum atomic E-state index is -0.152. The van der Waals surface area contributed by atoms with Crippen LogP contribution in [0.2, 0.25) is 0 Å². The maximum absolute atomic E-state index is 11.3. The Labute approximate surface area is 117 Å². The van der Waals surface area contributed by atoms with Gasteiger partial charge >= 0.3 is 0 Å². The molecule has 0 unspecified atom stereocenters. The molecule has 0 radical (unpaired) electrons. The Morgan fingerprint density at radius 2 is 2.30 bits per heavy atom. The highest BCUT2D eigenvalue weighted by Gasteiger charge is 2.21. The third-order valence-corrected chi connectivity index (χ3v) is 3.40. The first-order valence-electron chi connectivity index (χ1n) is 6.90. The number of rotatable bonds is 6. The summed E-state index contributed by atoms with van der Waals surface area (Å²) in [6.45, 7) is 2.22. The van der Waals surface area contributed by atoms with Crippen molar-refractivity contribution in [3.8, 4) is 5.75 Å². The lowest BCUT2D eigenvalue weighted by Gasteiger charge is -2.20. The SMILES string of the molecule is Nc1cc2c(cc1NCCOCC1CC1)NC(=O)CO2. The summed E-state index contributed by atoms with van der Waals surface area (Å²) in [6.07, 6.45) is 2.59. The molecule has 0 bridgehead atoms. The molecule has 1 aliphatic heterocycles. The fourth-order valence-corrected chi connectivity index (χ4v) is 2.09. The van der Waals surface area contributed by atoms with E-state index in [1.165, 1.54) is 12.8 Å². The number of carbonyl (C=O) groups excluding carboxylic acids is 1. The topological polar surface area (TPSA) is 85.6 Å². The van der Waals surface area contributed by atoms with Gasteiger partial charge in [-0.05, 0) is 24.8 Å². The lowest BCUT2D eigenvalue weighted by molar-refractivity contribution is -0.118. The second-order valence-electron chi connectivity index (χ2n) is 5.22. The average Bonchev–Trinajstić information content (AvgIpc) is 3.23. The summed E-state index contributed by atoms with van der Waals surface area (Å²) in [6, 6.07) is 3.52. The van der Waals surface area contributed by atoms with E-state index in [0.29, 0.717) is 30.3 Å². The van der Waals surface area contributed by atoms with Crippen LogP contribution in [0.5, 0.6) is 5.75 Å². The van der Waals surface area contributed by atoms with E-state index in [-0.39, 0.29) is 12.5 Å². The molecule has 3 rings (SSSR count). The first kappa shape index (κ1) is 13.1. The molecule has 0 saturated heterocycles. The van der Waals surface area contributed by atoms with Gasteiger partial charge in [-0.1, -0.05) is 0 Å². The molecule has 1 aromatic carbocycles. The molecule has 20 heavy (non-hydrogen) atoms. The zero-order chi connectivity index (χ0) is 13.9. The molecule has 0 aromatic heterocycles. The van der Waals surface area contributed by atoms with Crippen LogP contribution in [-0.2, 0) is 9.53 Å². The van der Waals surface area contributed by atoms with Gasteiger partial charge in [0.25, 0.3) is 5.91 Å². The van der Waals surface area contributed by atoms with Gasteiger partial charge < -0.3 is 25.8 Å². The van der Waals surface area contributed by atoms with Crippen molar-refractivity contribution in [2.45, 2.75) is 12.8 Å². The summed E-state index contributed by atoms with van der Waals surface area (Å²) >= 11 is 0. The van der Waals surface area contributed by atoms with Crippen LogP contribution >= 0.6 is 0 Å². The Kier molecular flexibility index (Phi) is 3.64. The van der Waals surface area contributed by atoms with Gasteiger partial charge in [0.15, 0.2) is 6.61 Å². The van der Waals surface area contributed by atoms with Gasteiger partial charge in [0.05, 0.1) is 23.7 Å². The maximum Gasteiger partial charge on any atom is 0.262 e. The molecule has 1 saturated carbocycles. The number of anilines is 3. The largest absolute Gasteiger partial charge is 0.482 e. The van der Waals surface area contributed by atoms with E-state index in [1.807, 2.05) is 0 Å². The van der Waals surface area contributed by atoms with Gasteiger partial charge in [-0.15, -0.1) is 0 Å². The smallest absolute Gasteiger partial charge is 0.262 e. The molecule has 1 amide bonds.